The lowest BCUT2D eigenvalue weighted by Crippen LogP contribution is -2.22. The maximum Gasteiger partial charge on any atom is 0.225 e. The lowest BCUT2D eigenvalue weighted by atomic mass is 9.89. The SMILES string of the molecule is COc1ccc(-c2nsc3c2NC(=O)C[C@H]3c2ccc(C#N)cc2)cc1. The highest BCUT2D eigenvalue weighted by Crippen LogP contribution is 2.44. The number of anilines is 1. The summed E-state index contributed by atoms with van der Waals surface area (Å²) in [7, 11) is 1.63. The fourth-order valence-corrected chi connectivity index (χ4v) is 4.11. The second-order valence-corrected chi connectivity index (χ2v) is 6.84. The maximum absolute atomic E-state index is 12.3. The lowest BCUT2D eigenvalue weighted by Gasteiger charge is -2.23. The fraction of sp³-hybridized carbons (Fsp3) is 0.150. The van der Waals surface area contributed by atoms with Gasteiger partial charge >= 0.3 is 0 Å². The molecule has 128 valence electrons. The molecule has 0 fully saturated rings. The molecule has 1 aliphatic heterocycles. The summed E-state index contributed by atoms with van der Waals surface area (Å²) in [6.07, 6.45) is 0.378. The van der Waals surface area contributed by atoms with Crippen molar-refractivity contribution in [3.8, 4) is 23.1 Å². The normalized spacial score (nSPS) is 15.7. The van der Waals surface area contributed by atoms with Gasteiger partial charge in [-0.25, -0.2) is 0 Å². The summed E-state index contributed by atoms with van der Waals surface area (Å²) >= 11 is 1.41. The molecule has 26 heavy (non-hydrogen) atoms. The molecule has 2 aromatic carbocycles. The molecule has 1 amide bonds. The van der Waals surface area contributed by atoms with Crippen LogP contribution in [0.2, 0.25) is 0 Å². The Hall–Kier alpha value is -3.17. The number of carbonyl (C=O) groups is 1. The number of methoxy groups -OCH3 is 1. The van der Waals surface area contributed by atoms with E-state index < -0.39 is 0 Å². The second-order valence-electron chi connectivity index (χ2n) is 6.04. The number of hydrogen-bond acceptors (Lipinski definition) is 5. The number of amides is 1. The standard InChI is InChI=1S/C20H15N3O2S/c1-25-15-8-6-14(7-9-15)18-19-20(26-23-18)16(10-17(24)22-19)13-4-2-12(11-21)3-5-13/h2-9,16H,10H2,1H3,(H,22,24)/t16-/m0/s1. The third kappa shape index (κ3) is 2.83. The zero-order chi connectivity index (χ0) is 18.1. The molecule has 3 aromatic rings. The van der Waals surface area contributed by atoms with Gasteiger partial charge in [-0.2, -0.15) is 9.64 Å². The van der Waals surface area contributed by atoms with E-state index in [4.69, 9.17) is 10.00 Å². The van der Waals surface area contributed by atoms with Crippen molar-refractivity contribution in [3.63, 3.8) is 0 Å². The number of hydrogen-bond donors (Lipinski definition) is 1. The highest BCUT2D eigenvalue weighted by Gasteiger charge is 2.31. The number of nitrogens with zero attached hydrogens (tertiary/aromatic N) is 2. The van der Waals surface area contributed by atoms with Crippen LogP contribution in [0.3, 0.4) is 0 Å². The summed E-state index contributed by atoms with van der Waals surface area (Å²) in [4.78, 5) is 13.3. The molecule has 0 saturated heterocycles. The van der Waals surface area contributed by atoms with Gasteiger partial charge in [-0.05, 0) is 53.5 Å². The van der Waals surface area contributed by atoms with Crippen molar-refractivity contribution < 1.29 is 9.53 Å². The fourth-order valence-electron chi connectivity index (χ4n) is 3.14. The van der Waals surface area contributed by atoms with Crippen LogP contribution in [0.5, 0.6) is 5.75 Å². The smallest absolute Gasteiger partial charge is 0.225 e. The number of ether oxygens (including phenoxy) is 1. The first-order valence-corrected chi connectivity index (χ1v) is 8.91. The number of carbonyl (C=O) groups excluding carboxylic acids is 1. The summed E-state index contributed by atoms with van der Waals surface area (Å²) in [5.74, 6) is 0.704. The lowest BCUT2D eigenvalue weighted by molar-refractivity contribution is -0.116. The topological polar surface area (TPSA) is 75.0 Å². The molecule has 1 N–H and O–H groups in total. The minimum absolute atomic E-state index is 0.0261. The Morgan fingerprint density at radius 3 is 2.58 bits per heavy atom. The molecule has 4 rings (SSSR count). The molecule has 0 saturated carbocycles. The molecule has 0 spiro atoms. The van der Waals surface area contributed by atoms with Crippen molar-refractivity contribution in [3.05, 3.63) is 64.5 Å². The Morgan fingerprint density at radius 1 is 1.19 bits per heavy atom. The average Bonchev–Trinajstić information content (AvgIpc) is 3.11. The van der Waals surface area contributed by atoms with Crippen molar-refractivity contribution in [1.29, 1.82) is 5.26 Å². The van der Waals surface area contributed by atoms with Crippen LogP contribution in [-0.2, 0) is 4.79 Å². The molecule has 0 radical (unpaired) electrons. The van der Waals surface area contributed by atoms with Crippen molar-refractivity contribution in [1.82, 2.24) is 4.37 Å². The van der Waals surface area contributed by atoms with Crippen LogP contribution in [-0.4, -0.2) is 17.4 Å². The quantitative estimate of drug-likeness (QED) is 0.760. The van der Waals surface area contributed by atoms with E-state index in [0.717, 1.165) is 33.1 Å². The Bertz CT molecular complexity index is 1000. The highest BCUT2D eigenvalue weighted by atomic mass is 32.1. The average molecular weight is 361 g/mol. The van der Waals surface area contributed by atoms with Crippen LogP contribution in [0.4, 0.5) is 5.69 Å². The number of aromatic nitrogens is 1. The summed E-state index contributed by atoms with van der Waals surface area (Å²) in [5.41, 5.74) is 4.12. The number of nitrogens with one attached hydrogen (secondary N) is 1. The Morgan fingerprint density at radius 2 is 1.92 bits per heavy atom. The zero-order valence-electron chi connectivity index (χ0n) is 14.0. The van der Waals surface area contributed by atoms with E-state index in [1.54, 1.807) is 19.2 Å². The van der Waals surface area contributed by atoms with Gasteiger partial charge in [0.1, 0.15) is 11.4 Å². The molecule has 5 nitrogen and oxygen atoms in total. The first-order chi connectivity index (χ1) is 12.7. The molecule has 6 heteroatoms. The highest BCUT2D eigenvalue weighted by molar-refractivity contribution is 7.07. The van der Waals surface area contributed by atoms with Gasteiger partial charge < -0.3 is 10.1 Å². The molecule has 0 unspecified atom stereocenters. The van der Waals surface area contributed by atoms with E-state index in [9.17, 15) is 4.79 Å². The molecule has 2 heterocycles. The van der Waals surface area contributed by atoms with Crippen molar-refractivity contribution in [2.75, 3.05) is 12.4 Å². The zero-order valence-corrected chi connectivity index (χ0v) is 14.8. The predicted octanol–water partition coefficient (Wildman–Crippen LogP) is 4.16. The first kappa shape index (κ1) is 16.3. The third-order valence-electron chi connectivity index (χ3n) is 4.49. The number of benzene rings is 2. The Kier molecular flexibility index (Phi) is 4.15. The Labute approximate surface area is 155 Å². The van der Waals surface area contributed by atoms with Gasteiger partial charge in [0.25, 0.3) is 0 Å². The summed E-state index contributed by atoms with van der Waals surface area (Å²) in [6.45, 7) is 0. The molecular weight excluding hydrogens is 346 g/mol. The van der Waals surface area contributed by atoms with Gasteiger partial charge in [0.05, 0.1) is 29.3 Å². The van der Waals surface area contributed by atoms with Crippen molar-refractivity contribution in [2.24, 2.45) is 0 Å². The van der Waals surface area contributed by atoms with E-state index in [1.807, 2.05) is 36.4 Å². The molecule has 0 bridgehead atoms. The second kappa shape index (κ2) is 6.62. The van der Waals surface area contributed by atoms with E-state index in [2.05, 4.69) is 15.8 Å². The van der Waals surface area contributed by atoms with Gasteiger partial charge in [0.2, 0.25) is 5.91 Å². The molecule has 1 aromatic heterocycles. The van der Waals surface area contributed by atoms with Crippen LogP contribution < -0.4 is 10.1 Å². The van der Waals surface area contributed by atoms with Crippen LogP contribution in [0.1, 0.15) is 28.3 Å². The number of rotatable bonds is 3. The van der Waals surface area contributed by atoms with Gasteiger partial charge in [-0.15, -0.1) is 0 Å². The predicted molar refractivity (Wildman–Crippen MR) is 100 cm³/mol. The number of fused-ring (bicyclic) bond motifs is 1. The van der Waals surface area contributed by atoms with Gasteiger partial charge in [-0.1, -0.05) is 12.1 Å². The Balaban J connectivity index is 1.75. The monoisotopic (exact) mass is 361 g/mol. The maximum atomic E-state index is 12.3. The molecule has 0 aliphatic carbocycles. The van der Waals surface area contributed by atoms with Crippen molar-refractivity contribution in [2.45, 2.75) is 12.3 Å². The molecular formula is C20H15N3O2S. The first-order valence-electron chi connectivity index (χ1n) is 8.13. The van der Waals surface area contributed by atoms with Gasteiger partial charge in [-0.3, -0.25) is 4.79 Å². The summed E-state index contributed by atoms with van der Waals surface area (Å²) < 4.78 is 9.80. The number of nitriles is 1. The third-order valence-corrected chi connectivity index (χ3v) is 5.45. The van der Waals surface area contributed by atoms with Crippen LogP contribution >= 0.6 is 11.5 Å². The van der Waals surface area contributed by atoms with E-state index in [-0.39, 0.29) is 11.8 Å². The van der Waals surface area contributed by atoms with Crippen molar-refractivity contribution >= 4 is 23.1 Å². The van der Waals surface area contributed by atoms with E-state index >= 15 is 0 Å². The molecule has 1 atom stereocenters. The summed E-state index contributed by atoms with van der Waals surface area (Å²) in [5, 5.41) is 12.0. The van der Waals surface area contributed by atoms with Gasteiger partial charge in [0.15, 0.2) is 0 Å². The van der Waals surface area contributed by atoms with Crippen LogP contribution in [0, 0.1) is 11.3 Å². The summed E-state index contributed by atoms with van der Waals surface area (Å²) in [6, 6.07) is 17.2. The van der Waals surface area contributed by atoms with Gasteiger partial charge in [0, 0.05) is 17.9 Å². The minimum Gasteiger partial charge on any atom is -0.497 e. The van der Waals surface area contributed by atoms with E-state index in [1.165, 1.54) is 11.5 Å². The van der Waals surface area contributed by atoms with E-state index in [0.29, 0.717) is 12.0 Å². The van der Waals surface area contributed by atoms with Crippen LogP contribution in [0.25, 0.3) is 11.3 Å². The van der Waals surface area contributed by atoms with Crippen LogP contribution in [0.15, 0.2) is 48.5 Å². The largest absolute Gasteiger partial charge is 0.497 e. The molecule has 1 aliphatic rings. The minimum atomic E-state index is -0.0454.